The van der Waals surface area contributed by atoms with E-state index in [0.29, 0.717) is 0 Å². The average Bonchev–Trinajstić information content (AvgIpc) is 2.38. The summed E-state index contributed by atoms with van der Waals surface area (Å²) in [6, 6.07) is 9.58. The van der Waals surface area contributed by atoms with E-state index in [1.807, 2.05) is 37.3 Å². The topological polar surface area (TPSA) is 64.4 Å². The fourth-order valence-electron chi connectivity index (χ4n) is 1.78. The number of nitriles is 1. The van der Waals surface area contributed by atoms with Crippen molar-refractivity contribution in [1.29, 1.82) is 5.26 Å². The van der Waals surface area contributed by atoms with Crippen LogP contribution in [0.25, 0.3) is 0 Å². The summed E-state index contributed by atoms with van der Waals surface area (Å²) in [6.45, 7) is 2.09. The van der Waals surface area contributed by atoms with Crippen LogP contribution in [0.4, 0.5) is 0 Å². The second-order valence-corrected chi connectivity index (χ2v) is 6.48. The van der Waals surface area contributed by atoms with Crippen LogP contribution in [0.1, 0.15) is 18.1 Å². The number of aryl methyl sites for hydroxylation is 1. The highest BCUT2D eigenvalue weighted by Crippen LogP contribution is 2.15. The minimum absolute atomic E-state index is 0.154. The maximum atomic E-state index is 12.1. The van der Waals surface area contributed by atoms with Crippen molar-refractivity contribution in [3.05, 3.63) is 35.4 Å². The molecule has 0 aliphatic carbocycles. The van der Waals surface area contributed by atoms with E-state index in [2.05, 4.69) is 0 Å². The van der Waals surface area contributed by atoms with Crippen LogP contribution >= 0.6 is 0 Å². The van der Waals surface area contributed by atoms with E-state index in [1.165, 1.54) is 18.4 Å². The van der Waals surface area contributed by atoms with Crippen LogP contribution in [0.2, 0.25) is 0 Å². The summed E-state index contributed by atoms with van der Waals surface area (Å²) in [5.41, 5.74) is 2.03. The molecule has 0 atom stereocenters. The smallest absolute Gasteiger partial charge is 0.197 e. The first-order chi connectivity index (χ1) is 8.93. The summed E-state index contributed by atoms with van der Waals surface area (Å²) in [5, 5.41) is 8.81. The highest BCUT2D eigenvalue weighted by atomic mass is 32.2. The fourth-order valence-corrected chi connectivity index (χ4v) is 2.76. The summed E-state index contributed by atoms with van der Waals surface area (Å²) in [5.74, 6) is 0. The van der Waals surface area contributed by atoms with Crippen LogP contribution in [0.3, 0.4) is 0 Å². The molecule has 1 aromatic carbocycles. The first-order valence-corrected chi connectivity index (χ1v) is 7.44. The predicted molar refractivity (Wildman–Crippen MR) is 74.4 cm³/mol. The normalized spacial score (nSPS) is 11.8. The van der Waals surface area contributed by atoms with Crippen LogP contribution in [0, 0.1) is 11.3 Å². The van der Waals surface area contributed by atoms with E-state index in [1.54, 1.807) is 0 Å². The molecule has 6 heteroatoms. The zero-order valence-corrected chi connectivity index (χ0v) is 12.3. The summed E-state index contributed by atoms with van der Waals surface area (Å²) >= 11 is 0. The van der Waals surface area contributed by atoms with Gasteiger partial charge in [-0.3, -0.25) is 0 Å². The van der Waals surface area contributed by atoms with Gasteiger partial charge in [-0.15, -0.1) is 0 Å². The van der Waals surface area contributed by atoms with Crippen LogP contribution in [0.15, 0.2) is 24.3 Å². The number of nitrogens with zero attached hydrogens (tertiary/aromatic N) is 3. The van der Waals surface area contributed by atoms with Gasteiger partial charge in [0.1, 0.15) is 6.54 Å². The lowest BCUT2D eigenvalue weighted by molar-refractivity contribution is 0.395. The van der Waals surface area contributed by atoms with Gasteiger partial charge in [0, 0.05) is 20.6 Å². The van der Waals surface area contributed by atoms with Crippen LogP contribution < -0.4 is 0 Å². The average molecular weight is 281 g/mol. The Morgan fingerprint density at radius 3 is 2.26 bits per heavy atom. The SMILES string of the molecule is CCc1ccccc1CN(CC#N)S(=O)(=O)N(C)C. The monoisotopic (exact) mass is 281 g/mol. The molecule has 19 heavy (non-hydrogen) atoms. The third kappa shape index (κ3) is 3.77. The molecular formula is C13H19N3O2S. The Kier molecular flexibility index (Phi) is 5.48. The van der Waals surface area contributed by atoms with Gasteiger partial charge in [-0.05, 0) is 17.5 Å². The lowest BCUT2D eigenvalue weighted by Gasteiger charge is -2.24. The molecule has 0 radical (unpaired) electrons. The van der Waals surface area contributed by atoms with Crippen molar-refractivity contribution in [1.82, 2.24) is 8.61 Å². The first-order valence-electron chi connectivity index (χ1n) is 6.04. The lowest BCUT2D eigenvalue weighted by atomic mass is 10.1. The Morgan fingerprint density at radius 2 is 1.79 bits per heavy atom. The van der Waals surface area contributed by atoms with Crippen LogP contribution in [0.5, 0.6) is 0 Å². The zero-order chi connectivity index (χ0) is 14.5. The minimum Gasteiger partial charge on any atom is -0.197 e. The van der Waals surface area contributed by atoms with Gasteiger partial charge in [-0.2, -0.15) is 22.3 Å². The van der Waals surface area contributed by atoms with E-state index >= 15 is 0 Å². The number of hydrogen-bond donors (Lipinski definition) is 0. The highest BCUT2D eigenvalue weighted by molar-refractivity contribution is 7.86. The van der Waals surface area contributed by atoms with Crippen LogP contribution in [-0.2, 0) is 23.2 Å². The van der Waals surface area contributed by atoms with Gasteiger partial charge in [-0.1, -0.05) is 31.2 Å². The maximum Gasteiger partial charge on any atom is 0.282 e. The molecule has 0 aromatic heterocycles. The van der Waals surface area contributed by atoms with Gasteiger partial charge >= 0.3 is 0 Å². The van der Waals surface area contributed by atoms with E-state index < -0.39 is 10.2 Å². The molecule has 0 saturated carbocycles. The molecular weight excluding hydrogens is 262 g/mol. The lowest BCUT2D eigenvalue weighted by Crippen LogP contribution is -2.40. The van der Waals surface area contributed by atoms with Gasteiger partial charge in [0.25, 0.3) is 10.2 Å². The van der Waals surface area contributed by atoms with Crippen molar-refractivity contribution in [2.45, 2.75) is 19.9 Å². The molecule has 0 fully saturated rings. The van der Waals surface area contributed by atoms with Crippen molar-refractivity contribution in [2.24, 2.45) is 0 Å². The molecule has 0 amide bonds. The number of hydrogen-bond acceptors (Lipinski definition) is 3. The molecule has 0 bridgehead atoms. The number of rotatable bonds is 6. The molecule has 0 heterocycles. The summed E-state index contributed by atoms with van der Waals surface area (Å²) in [6.07, 6.45) is 0.832. The molecule has 0 aliphatic rings. The summed E-state index contributed by atoms with van der Waals surface area (Å²) in [4.78, 5) is 0. The van der Waals surface area contributed by atoms with Gasteiger partial charge < -0.3 is 0 Å². The second kappa shape index (κ2) is 6.66. The molecule has 104 valence electrons. The van der Waals surface area contributed by atoms with Gasteiger partial charge in [-0.25, -0.2) is 0 Å². The van der Waals surface area contributed by atoms with Crippen molar-refractivity contribution in [3.63, 3.8) is 0 Å². The van der Waals surface area contributed by atoms with Gasteiger partial charge in [0.2, 0.25) is 0 Å². The molecule has 0 N–H and O–H groups in total. The predicted octanol–water partition coefficient (Wildman–Crippen LogP) is 1.38. The van der Waals surface area contributed by atoms with Crippen molar-refractivity contribution in [3.8, 4) is 6.07 Å². The standard InChI is InChI=1S/C13H19N3O2S/c1-4-12-7-5-6-8-13(12)11-16(10-9-14)19(17,18)15(2)3/h5-8H,4,10-11H2,1-3H3. The second-order valence-electron chi connectivity index (χ2n) is 4.34. The third-order valence-corrected chi connectivity index (χ3v) is 4.71. The Hall–Kier alpha value is -1.42. The molecule has 1 aromatic rings. The third-order valence-electron chi connectivity index (χ3n) is 2.88. The molecule has 0 saturated heterocycles. The molecule has 1 rings (SSSR count). The summed E-state index contributed by atoms with van der Waals surface area (Å²) in [7, 11) is -0.653. The number of benzene rings is 1. The van der Waals surface area contributed by atoms with Crippen molar-refractivity contribution < 1.29 is 8.42 Å². The Labute approximate surface area is 115 Å². The van der Waals surface area contributed by atoms with Gasteiger partial charge in [0.05, 0.1) is 6.07 Å². The van der Waals surface area contributed by atoms with E-state index in [0.717, 1.165) is 21.9 Å². The fraction of sp³-hybridized carbons (Fsp3) is 0.462. The van der Waals surface area contributed by atoms with E-state index in [9.17, 15) is 8.42 Å². The summed E-state index contributed by atoms with van der Waals surface area (Å²) < 4.78 is 26.6. The quantitative estimate of drug-likeness (QED) is 0.740. The van der Waals surface area contributed by atoms with Crippen LogP contribution in [-0.4, -0.2) is 37.7 Å². The minimum atomic E-state index is -3.58. The van der Waals surface area contributed by atoms with Crippen molar-refractivity contribution in [2.75, 3.05) is 20.6 Å². The Bertz CT molecular complexity index is 561. The van der Waals surface area contributed by atoms with Crippen molar-refractivity contribution >= 4 is 10.2 Å². The molecule has 0 spiro atoms. The Morgan fingerprint density at radius 1 is 1.21 bits per heavy atom. The van der Waals surface area contributed by atoms with Gasteiger partial charge in [0.15, 0.2) is 0 Å². The van der Waals surface area contributed by atoms with E-state index in [-0.39, 0.29) is 13.1 Å². The zero-order valence-electron chi connectivity index (χ0n) is 11.5. The highest BCUT2D eigenvalue weighted by Gasteiger charge is 2.24. The first kappa shape index (κ1) is 15.6. The Balaban J connectivity index is 3.07. The molecule has 0 unspecified atom stereocenters. The molecule has 0 aliphatic heterocycles. The van der Waals surface area contributed by atoms with E-state index in [4.69, 9.17) is 5.26 Å². The maximum absolute atomic E-state index is 12.1. The molecule has 5 nitrogen and oxygen atoms in total. The largest absolute Gasteiger partial charge is 0.282 e.